The second kappa shape index (κ2) is 9.50. The highest BCUT2D eigenvalue weighted by molar-refractivity contribution is 5.81. The molecule has 0 atom stereocenters. The van der Waals surface area contributed by atoms with Crippen LogP contribution in [-0.2, 0) is 22.2 Å². The highest BCUT2D eigenvalue weighted by Crippen LogP contribution is 2.50. The molecule has 3 heteroatoms. The standard InChI is InChI=1S/C31H34O3/c1-30(2)15-16-31(3,4)27-20-29(34-21-23-10-7-6-8-11-23)25(19-26(27)30)24-18-22(12-9-17-32)13-14-28(24)33-5/h6-14,17-20H,15-16,21H2,1-5H3/b12-9+. The van der Waals surface area contributed by atoms with E-state index in [1.165, 1.54) is 17.2 Å². The van der Waals surface area contributed by atoms with E-state index in [1.807, 2.05) is 36.4 Å². The quantitative estimate of drug-likeness (QED) is 0.274. The number of methoxy groups -OCH3 is 1. The van der Waals surface area contributed by atoms with Crippen molar-refractivity contribution in [1.29, 1.82) is 0 Å². The zero-order valence-corrected chi connectivity index (χ0v) is 20.9. The third-order valence-corrected chi connectivity index (χ3v) is 7.07. The van der Waals surface area contributed by atoms with Gasteiger partial charge < -0.3 is 9.47 Å². The third kappa shape index (κ3) is 4.79. The lowest BCUT2D eigenvalue weighted by Crippen LogP contribution is -2.33. The summed E-state index contributed by atoms with van der Waals surface area (Å²) in [6.45, 7) is 9.80. The molecule has 1 aliphatic carbocycles. The van der Waals surface area contributed by atoms with E-state index in [2.05, 4.69) is 58.0 Å². The number of carbonyl (C=O) groups is 1. The molecule has 4 rings (SSSR count). The predicted octanol–water partition coefficient (Wildman–Crippen LogP) is 7.50. The van der Waals surface area contributed by atoms with E-state index in [0.29, 0.717) is 6.61 Å². The topological polar surface area (TPSA) is 35.5 Å². The molecule has 176 valence electrons. The van der Waals surface area contributed by atoms with Crippen LogP contribution in [0.25, 0.3) is 17.2 Å². The number of allylic oxidation sites excluding steroid dienone is 1. The van der Waals surface area contributed by atoms with Crippen LogP contribution < -0.4 is 9.47 Å². The Kier molecular flexibility index (Phi) is 6.65. The Morgan fingerprint density at radius 1 is 0.824 bits per heavy atom. The molecule has 34 heavy (non-hydrogen) atoms. The smallest absolute Gasteiger partial charge is 0.142 e. The molecule has 1 aliphatic rings. The Labute approximate surface area is 203 Å². The van der Waals surface area contributed by atoms with E-state index >= 15 is 0 Å². The van der Waals surface area contributed by atoms with Gasteiger partial charge in [0.15, 0.2) is 0 Å². The van der Waals surface area contributed by atoms with E-state index < -0.39 is 0 Å². The number of aldehydes is 1. The summed E-state index contributed by atoms with van der Waals surface area (Å²) >= 11 is 0. The van der Waals surface area contributed by atoms with Crippen LogP contribution in [0.1, 0.15) is 62.8 Å². The SMILES string of the molecule is COc1ccc(/C=C/C=O)cc1-c1cc2c(cc1OCc1ccccc1)C(C)(C)CCC2(C)C. The van der Waals surface area contributed by atoms with E-state index in [-0.39, 0.29) is 10.8 Å². The van der Waals surface area contributed by atoms with Crippen LogP contribution >= 0.6 is 0 Å². The lowest BCUT2D eigenvalue weighted by Gasteiger charge is -2.42. The van der Waals surface area contributed by atoms with E-state index in [0.717, 1.165) is 52.9 Å². The molecule has 0 saturated carbocycles. The van der Waals surface area contributed by atoms with Gasteiger partial charge in [-0.1, -0.05) is 70.2 Å². The molecule has 0 spiro atoms. The average molecular weight is 455 g/mol. The highest BCUT2D eigenvalue weighted by atomic mass is 16.5. The van der Waals surface area contributed by atoms with Gasteiger partial charge in [-0.05, 0) is 76.3 Å². The zero-order chi connectivity index (χ0) is 24.3. The van der Waals surface area contributed by atoms with Gasteiger partial charge >= 0.3 is 0 Å². The summed E-state index contributed by atoms with van der Waals surface area (Å²) in [5.41, 5.74) is 6.90. The van der Waals surface area contributed by atoms with Gasteiger partial charge in [0.25, 0.3) is 0 Å². The minimum atomic E-state index is 0.0693. The molecular weight excluding hydrogens is 420 g/mol. The monoisotopic (exact) mass is 454 g/mol. The molecule has 0 N–H and O–H groups in total. The lowest BCUT2D eigenvalue weighted by atomic mass is 9.62. The minimum absolute atomic E-state index is 0.0693. The maximum Gasteiger partial charge on any atom is 0.142 e. The molecule has 0 aromatic heterocycles. The van der Waals surface area contributed by atoms with Crippen molar-refractivity contribution >= 4 is 12.4 Å². The van der Waals surface area contributed by atoms with E-state index in [1.54, 1.807) is 7.11 Å². The van der Waals surface area contributed by atoms with Crippen LogP contribution in [0.5, 0.6) is 11.5 Å². The maximum absolute atomic E-state index is 10.9. The van der Waals surface area contributed by atoms with Crippen molar-refractivity contribution in [3.63, 3.8) is 0 Å². The molecule has 0 aliphatic heterocycles. The van der Waals surface area contributed by atoms with Gasteiger partial charge in [0.2, 0.25) is 0 Å². The molecule has 0 amide bonds. The minimum Gasteiger partial charge on any atom is -0.496 e. The summed E-state index contributed by atoms with van der Waals surface area (Å²) in [7, 11) is 1.69. The average Bonchev–Trinajstić information content (AvgIpc) is 2.84. The number of hydrogen-bond acceptors (Lipinski definition) is 3. The number of ether oxygens (including phenoxy) is 2. The largest absolute Gasteiger partial charge is 0.496 e. The van der Waals surface area contributed by atoms with Gasteiger partial charge in [-0.25, -0.2) is 0 Å². The Morgan fingerprint density at radius 3 is 2.12 bits per heavy atom. The number of carbonyl (C=O) groups excluding carboxylic acids is 1. The van der Waals surface area contributed by atoms with Gasteiger partial charge in [0.05, 0.1) is 7.11 Å². The molecule has 3 aromatic carbocycles. The highest BCUT2D eigenvalue weighted by Gasteiger charge is 2.38. The number of fused-ring (bicyclic) bond motifs is 1. The third-order valence-electron chi connectivity index (χ3n) is 7.07. The summed E-state index contributed by atoms with van der Waals surface area (Å²) in [4.78, 5) is 10.9. The lowest BCUT2D eigenvalue weighted by molar-refractivity contribution is -0.104. The van der Waals surface area contributed by atoms with Crippen molar-refractivity contribution < 1.29 is 14.3 Å². The van der Waals surface area contributed by atoms with Gasteiger partial charge in [0, 0.05) is 11.1 Å². The molecule has 0 fully saturated rings. The van der Waals surface area contributed by atoms with Crippen LogP contribution in [0.3, 0.4) is 0 Å². The fraction of sp³-hybridized carbons (Fsp3) is 0.323. The molecular formula is C31H34O3. The summed E-state index contributed by atoms with van der Waals surface area (Å²) in [5.74, 6) is 1.63. The molecule has 3 aromatic rings. The van der Waals surface area contributed by atoms with Crippen LogP contribution in [0.15, 0.2) is 66.7 Å². The zero-order valence-electron chi connectivity index (χ0n) is 20.9. The van der Waals surface area contributed by atoms with Crippen molar-refractivity contribution in [2.75, 3.05) is 7.11 Å². The Hall–Kier alpha value is -3.33. The first-order valence-electron chi connectivity index (χ1n) is 11.9. The Morgan fingerprint density at radius 2 is 1.47 bits per heavy atom. The van der Waals surface area contributed by atoms with Crippen molar-refractivity contribution in [2.45, 2.75) is 58.0 Å². The fourth-order valence-electron chi connectivity index (χ4n) is 4.85. The number of benzene rings is 3. The number of hydrogen-bond donors (Lipinski definition) is 0. The van der Waals surface area contributed by atoms with Gasteiger partial charge in [-0.2, -0.15) is 0 Å². The van der Waals surface area contributed by atoms with Crippen LogP contribution in [0, 0.1) is 0 Å². The van der Waals surface area contributed by atoms with Crippen LogP contribution in [0.4, 0.5) is 0 Å². The van der Waals surface area contributed by atoms with Crippen molar-refractivity contribution in [3.05, 3.63) is 89.0 Å². The summed E-state index contributed by atoms with van der Waals surface area (Å²) < 4.78 is 12.3. The van der Waals surface area contributed by atoms with Gasteiger partial charge in [0.1, 0.15) is 24.4 Å². The van der Waals surface area contributed by atoms with Crippen molar-refractivity contribution in [3.8, 4) is 22.6 Å². The molecule has 0 heterocycles. The summed E-state index contributed by atoms with van der Waals surface area (Å²) in [5, 5.41) is 0. The first-order chi connectivity index (χ1) is 16.2. The molecule has 0 radical (unpaired) electrons. The van der Waals surface area contributed by atoms with E-state index in [9.17, 15) is 4.79 Å². The molecule has 3 nitrogen and oxygen atoms in total. The Balaban J connectivity index is 1.91. The summed E-state index contributed by atoms with van der Waals surface area (Å²) in [6, 6.07) is 20.8. The number of rotatable bonds is 7. The van der Waals surface area contributed by atoms with Gasteiger partial charge in [-0.15, -0.1) is 0 Å². The maximum atomic E-state index is 10.9. The summed E-state index contributed by atoms with van der Waals surface area (Å²) in [6.07, 6.45) is 6.39. The van der Waals surface area contributed by atoms with Gasteiger partial charge in [-0.3, -0.25) is 4.79 Å². The fourth-order valence-corrected chi connectivity index (χ4v) is 4.85. The first-order valence-corrected chi connectivity index (χ1v) is 11.9. The second-order valence-electron chi connectivity index (χ2n) is 10.4. The van der Waals surface area contributed by atoms with Crippen molar-refractivity contribution in [1.82, 2.24) is 0 Å². The Bertz CT molecular complexity index is 1200. The first kappa shape index (κ1) is 23.8. The van der Waals surface area contributed by atoms with Crippen molar-refractivity contribution in [2.24, 2.45) is 0 Å². The van der Waals surface area contributed by atoms with E-state index in [4.69, 9.17) is 9.47 Å². The predicted molar refractivity (Wildman–Crippen MR) is 140 cm³/mol. The molecule has 0 saturated heterocycles. The van der Waals surface area contributed by atoms with Crippen LogP contribution in [0.2, 0.25) is 0 Å². The normalized spacial score (nSPS) is 16.1. The molecule has 0 unspecified atom stereocenters. The van der Waals surface area contributed by atoms with Crippen LogP contribution in [-0.4, -0.2) is 13.4 Å². The second-order valence-corrected chi connectivity index (χ2v) is 10.4. The molecule has 0 bridgehead atoms.